The van der Waals surface area contributed by atoms with Gasteiger partial charge in [-0.25, -0.2) is 4.79 Å². The fourth-order valence-corrected chi connectivity index (χ4v) is 2.18. The van der Waals surface area contributed by atoms with Gasteiger partial charge < -0.3 is 14.2 Å². The third-order valence-corrected chi connectivity index (χ3v) is 3.49. The molecular formula is C16H30O4. The summed E-state index contributed by atoms with van der Waals surface area (Å²) in [6.45, 7) is 3.72. The van der Waals surface area contributed by atoms with Gasteiger partial charge in [-0.05, 0) is 19.3 Å². The van der Waals surface area contributed by atoms with Crippen LogP contribution in [0.4, 0.5) is 0 Å². The molecule has 4 heteroatoms. The molecule has 0 aliphatic rings. The summed E-state index contributed by atoms with van der Waals surface area (Å²) in [7, 11) is 4.58. The summed E-state index contributed by atoms with van der Waals surface area (Å²) in [4.78, 5) is 11.5. The predicted molar refractivity (Wildman–Crippen MR) is 80.7 cm³/mol. The van der Waals surface area contributed by atoms with Crippen LogP contribution in [-0.2, 0) is 19.0 Å². The zero-order chi connectivity index (χ0) is 15.2. The van der Waals surface area contributed by atoms with Crippen LogP contribution >= 0.6 is 0 Å². The van der Waals surface area contributed by atoms with Crippen LogP contribution in [0.2, 0.25) is 0 Å². The number of ether oxygens (including phenoxy) is 3. The molecule has 0 aliphatic heterocycles. The van der Waals surface area contributed by atoms with Gasteiger partial charge in [0.15, 0.2) is 6.10 Å². The minimum Gasteiger partial charge on any atom is -0.467 e. The Morgan fingerprint density at radius 3 is 2.25 bits per heavy atom. The van der Waals surface area contributed by atoms with Crippen molar-refractivity contribution < 1.29 is 19.0 Å². The first-order chi connectivity index (χ1) is 9.69. The number of rotatable bonds is 13. The Morgan fingerprint density at radius 1 is 1.05 bits per heavy atom. The number of carbonyl (C=O) groups excluding carboxylic acids is 1. The van der Waals surface area contributed by atoms with Crippen LogP contribution in [0, 0.1) is 0 Å². The lowest BCUT2D eigenvalue weighted by molar-refractivity contribution is -0.154. The first-order valence-corrected chi connectivity index (χ1v) is 7.43. The summed E-state index contributed by atoms with van der Waals surface area (Å²) in [5.74, 6) is -0.334. The number of unbranched alkanes of at least 4 members (excludes halogenated alkanes) is 5. The van der Waals surface area contributed by atoms with E-state index in [1.807, 2.05) is 6.08 Å². The van der Waals surface area contributed by atoms with Gasteiger partial charge in [-0.1, -0.05) is 31.8 Å². The summed E-state index contributed by atoms with van der Waals surface area (Å²) >= 11 is 0. The molecule has 0 aromatic heterocycles. The summed E-state index contributed by atoms with van der Waals surface area (Å²) in [5.41, 5.74) is 0. The topological polar surface area (TPSA) is 44.8 Å². The number of carbonyl (C=O) groups is 1. The predicted octanol–water partition coefficient (Wildman–Crippen LogP) is 3.50. The smallest absolute Gasteiger partial charge is 0.335 e. The first kappa shape index (κ1) is 19.1. The molecule has 0 amide bonds. The van der Waals surface area contributed by atoms with Gasteiger partial charge in [0.1, 0.15) is 0 Å². The third-order valence-electron chi connectivity index (χ3n) is 3.49. The highest BCUT2D eigenvalue weighted by Gasteiger charge is 2.23. The van der Waals surface area contributed by atoms with E-state index < -0.39 is 6.10 Å². The maximum Gasteiger partial charge on any atom is 0.335 e. The molecule has 118 valence electrons. The second-order valence-corrected chi connectivity index (χ2v) is 4.97. The normalized spacial score (nSPS) is 13.8. The largest absolute Gasteiger partial charge is 0.467 e. The van der Waals surface area contributed by atoms with Gasteiger partial charge in [-0.3, -0.25) is 0 Å². The average Bonchev–Trinajstić information content (AvgIpc) is 2.48. The Hall–Kier alpha value is -0.870. The Morgan fingerprint density at radius 2 is 1.70 bits per heavy atom. The van der Waals surface area contributed by atoms with Crippen molar-refractivity contribution >= 4 is 5.97 Å². The van der Waals surface area contributed by atoms with E-state index in [9.17, 15) is 4.79 Å². The van der Waals surface area contributed by atoms with E-state index in [0.29, 0.717) is 6.42 Å². The van der Waals surface area contributed by atoms with Gasteiger partial charge in [0.05, 0.1) is 13.2 Å². The summed E-state index contributed by atoms with van der Waals surface area (Å²) in [6, 6.07) is 0. The van der Waals surface area contributed by atoms with Crippen molar-refractivity contribution in [1.29, 1.82) is 0 Å². The molecule has 2 atom stereocenters. The van der Waals surface area contributed by atoms with E-state index in [2.05, 4.69) is 6.58 Å². The van der Waals surface area contributed by atoms with Crippen molar-refractivity contribution in [2.45, 2.75) is 63.6 Å². The summed E-state index contributed by atoms with van der Waals surface area (Å²) < 4.78 is 15.3. The maximum atomic E-state index is 11.5. The van der Waals surface area contributed by atoms with Crippen molar-refractivity contribution in [3.63, 3.8) is 0 Å². The molecule has 0 aromatic carbocycles. The highest BCUT2D eigenvalue weighted by atomic mass is 16.6. The Balaban J connectivity index is 3.80. The second-order valence-electron chi connectivity index (χ2n) is 4.97. The number of hydrogen-bond donors (Lipinski definition) is 0. The van der Waals surface area contributed by atoms with Gasteiger partial charge >= 0.3 is 5.97 Å². The molecule has 0 bridgehead atoms. The molecule has 20 heavy (non-hydrogen) atoms. The monoisotopic (exact) mass is 286 g/mol. The second kappa shape index (κ2) is 13.1. The van der Waals surface area contributed by atoms with Crippen LogP contribution in [0.25, 0.3) is 0 Å². The minimum atomic E-state index is -0.530. The third kappa shape index (κ3) is 9.10. The molecule has 0 heterocycles. The molecule has 0 N–H and O–H groups in total. The summed E-state index contributed by atoms with van der Waals surface area (Å²) in [5, 5.41) is 0. The highest BCUT2D eigenvalue weighted by Crippen LogP contribution is 2.15. The molecule has 0 radical (unpaired) electrons. The lowest BCUT2D eigenvalue weighted by Gasteiger charge is -2.20. The van der Waals surface area contributed by atoms with Crippen LogP contribution in [-0.4, -0.2) is 39.5 Å². The van der Waals surface area contributed by atoms with Crippen molar-refractivity contribution in [2.24, 2.45) is 0 Å². The van der Waals surface area contributed by atoms with Gasteiger partial charge in [-0.2, -0.15) is 0 Å². The highest BCUT2D eigenvalue weighted by molar-refractivity contribution is 5.74. The lowest BCUT2D eigenvalue weighted by Crippen LogP contribution is -2.29. The average molecular weight is 286 g/mol. The van der Waals surface area contributed by atoms with Crippen molar-refractivity contribution in [3.8, 4) is 0 Å². The Kier molecular flexibility index (Phi) is 12.6. The van der Waals surface area contributed by atoms with Crippen molar-refractivity contribution in [3.05, 3.63) is 12.7 Å². The van der Waals surface area contributed by atoms with E-state index in [-0.39, 0.29) is 12.1 Å². The zero-order valence-electron chi connectivity index (χ0n) is 13.2. The number of esters is 1. The zero-order valence-corrected chi connectivity index (χ0v) is 13.2. The fourth-order valence-electron chi connectivity index (χ4n) is 2.18. The van der Waals surface area contributed by atoms with Crippen molar-refractivity contribution in [1.82, 2.24) is 0 Å². The minimum absolute atomic E-state index is 0.0484. The molecule has 0 fully saturated rings. The number of methoxy groups -OCH3 is 3. The molecule has 0 rings (SSSR count). The molecule has 0 aromatic rings. The number of allylic oxidation sites excluding steroid dienone is 1. The van der Waals surface area contributed by atoms with Crippen LogP contribution < -0.4 is 0 Å². The molecule has 0 aliphatic carbocycles. The molecule has 2 unspecified atom stereocenters. The van der Waals surface area contributed by atoms with Crippen LogP contribution in [0.5, 0.6) is 0 Å². The van der Waals surface area contributed by atoms with Crippen LogP contribution in [0.15, 0.2) is 12.7 Å². The SMILES string of the molecule is C=CCCCCCCCC(CC(OC)C(=O)OC)OC. The Labute approximate surface area is 123 Å². The number of hydrogen-bond acceptors (Lipinski definition) is 4. The Bertz CT molecular complexity index is 253. The molecule has 4 nitrogen and oxygen atoms in total. The molecule has 0 saturated carbocycles. The maximum absolute atomic E-state index is 11.5. The van der Waals surface area contributed by atoms with Gasteiger partial charge in [0, 0.05) is 20.6 Å². The van der Waals surface area contributed by atoms with E-state index in [1.165, 1.54) is 39.9 Å². The van der Waals surface area contributed by atoms with E-state index >= 15 is 0 Å². The standard InChI is InChI=1S/C16H30O4/c1-5-6-7-8-9-10-11-12-14(18-2)13-15(19-3)16(17)20-4/h5,14-15H,1,6-13H2,2-4H3. The molecule has 0 saturated heterocycles. The quantitative estimate of drug-likeness (QED) is 0.295. The fraction of sp³-hybridized carbons (Fsp3) is 0.812. The van der Waals surface area contributed by atoms with Crippen LogP contribution in [0.1, 0.15) is 51.4 Å². The lowest BCUT2D eigenvalue weighted by atomic mass is 10.0. The van der Waals surface area contributed by atoms with E-state index in [4.69, 9.17) is 14.2 Å². The van der Waals surface area contributed by atoms with Crippen LogP contribution in [0.3, 0.4) is 0 Å². The van der Waals surface area contributed by atoms with Crippen molar-refractivity contribution in [2.75, 3.05) is 21.3 Å². The van der Waals surface area contributed by atoms with E-state index in [1.54, 1.807) is 7.11 Å². The van der Waals surface area contributed by atoms with E-state index in [0.717, 1.165) is 19.3 Å². The summed E-state index contributed by atoms with van der Waals surface area (Å²) in [6.07, 6.45) is 10.1. The molecule has 0 spiro atoms. The van der Waals surface area contributed by atoms with Gasteiger partial charge in [0.25, 0.3) is 0 Å². The van der Waals surface area contributed by atoms with Gasteiger partial charge in [-0.15, -0.1) is 6.58 Å². The van der Waals surface area contributed by atoms with Gasteiger partial charge in [0.2, 0.25) is 0 Å². The first-order valence-electron chi connectivity index (χ1n) is 7.43. The molecular weight excluding hydrogens is 256 g/mol.